The van der Waals surface area contributed by atoms with Crippen LogP contribution in [0.15, 0.2) is 18.3 Å². The maximum atomic E-state index is 5.38. The zero-order valence-electron chi connectivity index (χ0n) is 11.3. The molecule has 0 radical (unpaired) electrons. The lowest BCUT2D eigenvalue weighted by Gasteiger charge is -2.39. The summed E-state index contributed by atoms with van der Waals surface area (Å²) >= 11 is 0. The Morgan fingerprint density at radius 3 is 3.00 bits per heavy atom. The topological polar surface area (TPSA) is 57.4 Å². The SMILES string of the molecule is CCN1CCN(Cc2ccnc(NN)c2)CC1C. The Labute approximate surface area is 109 Å². The van der Waals surface area contributed by atoms with Crippen molar-refractivity contribution in [1.29, 1.82) is 0 Å². The first-order valence-electron chi connectivity index (χ1n) is 6.61. The molecule has 0 bridgehead atoms. The van der Waals surface area contributed by atoms with Crippen LogP contribution in [0.5, 0.6) is 0 Å². The number of hydrogen-bond acceptors (Lipinski definition) is 5. The summed E-state index contributed by atoms with van der Waals surface area (Å²) in [6, 6.07) is 4.70. The standard InChI is InChI=1S/C13H23N5/c1-3-18-7-6-17(9-11(18)2)10-12-4-5-15-13(8-12)16-14/h4-5,8,11H,3,6-7,9-10,14H2,1-2H3,(H,15,16). The fourth-order valence-electron chi connectivity index (χ4n) is 2.59. The van der Waals surface area contributed by atoms with Gasteiger partial charge in [-0.15, -0.1) is 0 Å². The van der Waals surface area contributed by atoms with Crippen molar-refractivity contribution in [1.82, 2.24) is 14.8 Å². The highest BCUT2D eigenvalue weighted by molar-refractivity contribution is 5.35. The average molecular weight is 249 g/mol. The molecule has 5 nitrogen and oxygen atoms in total. The maximum absolute atomic E-state index is 5.38. The molecule has 1 saturated heterocycles. The monoisotopic (exact) mass is 249 g/mol. The largest absolute Gasteiger partial charge is 0.308 e. The Morgan fingerprint density at radius 2 is 2.33 bits per heavy atom. The van der Waals surface area contributed by atoms with E-state index < -0.39 is 0 Å². The van der Waals surface area contributed by atoms with Gasteiger partial charge in [0.2, 0.25) is 0 Å². The predicted molar refractivity (Wildman–Crippen MR) is 74.0 cm³/mol. The van der Waals surface area contributed by atoms with Crippen LogP contribution in [-0.4, -0.2) is 47.0 Å². The number of hydrogen-bond donors (Lipinski definition) is 2. The summed E-state index contributed by atoms with van der Waals surface area (Å²) in [6.07, 6.45) is 1.80. The summed E-state index contributed by atoms with van der Waals surface area (Å²) in [7, 11) is 0. The molecule has 18 heavy (non-hydrogen) atoms. The van der Waals surface area contributed by atoms with Crippen molar-refractivity contribution in [3.05, 3.63) is 23.9 Å². The van der Waals surface area contributed by atoms with Crippen LogP contribution in [0.3, 0.4) is 0 Å². The molecule has 1 aliphatic heterocycles. The smallest absolute Gasteiger partial charge is 0.140 e. The number of anilines is 1. The van der Waals surface area contributed by atoms with E-state index in [0.717, 1.165) is 38.5 Å². The third kappa shape index (κ3) is 3.19. The molecule has 1 aromatic rings. The van der Waals surface area contributed by atoms with Gasteiger partial charge in [0.25, 0.3) is 0 Å². The Bertz CT molecular complexity index is 381. The van der Waals surface area contributed by atoms with Gasteiger partial charge < -0.3 is 5.43 Å². The van der Waals surface area contributed by atoms with Gasteiger partial charge in [0.05, 0.1) is 0 Å². The summed E-state index contributed by atoms with van der Waals surface area (Å²) in [4.78, 5) is 9.14. The highest BCUT2D eigenvalue weighted by Gasteiger charge is 2.22. The van der Waals surface area contributed by atoms with Crippen molar-refractivity contribution in [3.63, 3.8) is 0 Å². The van der Waals surface area contributed by atoms with Crippen molar-refractivity contribution in [2.24, 2.45) is 5.84 Å². The number of rotatable bonds is 4. The lowest BCUT2D eigenvalue weighted by molar-refractivity contribution is 0.0834. The van der Waals surface area contributed by atoms with E-state index in [4.69, 9.17) is 5.84 Å². The van der Waals surface area contributed by atoms with E-state index in [2.05, 4.69) is 40.1 Å². The molecule has 2 heterocycles. The first-order valence-corrected chi connectivity index (χ1v) is 6.61. The molecular formula is C13H23N5. The zero-order chi connectivity index (χ0) is 13.0. The Balaban J connectivity index is 1.93. The number of pyridine rings is 1. The van der Waals surface area contributed by atoms with E-state index >= 15 is 0 Å². The first kappa shape index (κ1) is 13.3. The molecule has 3 N–H and O–H groups in total. The van der Waals surface area contributed by atoms with Crippen molar-refractivity contribution in [2.45, 2.75) is 26.4 Å². The second-order valence-electron chi connectivity index (χ2n) is 4.91. The molecule has 5 heteroatoms. The van der Waals surface area contributed by atoms with Crippen LogP contribution in [0.25, 0.3) is 0 Å². The maximum Gasteiger partial charge on any atom is 0.140 e. The molecule has 0 spiro atoms. The fourth-order valence-corrected chi connectivity index (χ4v) is 2.59. The number of piperazine rings is 1. The minimum Gasteiger partial charge on any atom is -0.308 e. The normalized spacial score (nSPS) is 22.1. The number of hydrazine groups is 1. The molecule has 1 unspecified atom stereocenters. The van der Waals surface area contributed by atoms with Crippen molar-refractivity contribution >= 4 is 5.82 Å². The van der Waals surface area contributed by atoms with E-state index in [1.165, 1.54) is 5.56 Å². The van der Waals surface area contributed by atoms with Crippen molar-refractivity contribution in [3.8, 4) is 0 Å². The minimum absolute atomic E-state index is 0.637. The second kappa shape index (κ2) is 6.13. The van der Waals surface area contributed by atoms with E-state index in [1.807, 2.05) is 6.07 Å². The summed E-state index contributed by atoms with van der Waals surface area (Å²) in [5.74, 6) is 6.11. The van der Waals surface area contributed by atoms with Crippen LogP contribution >= 0.6 is 0 Å². The molecule has 0 amide bonds. The number of aromatic nitrogens is 1. The van der Waals surface area contributed by atoms with E-state index in [1.54, 1.807) is 6.20 Å². The average Bonchev–Trinajstić information content (AvgIpc) is 2.39. The Morgan fingerprint density at radius 1 is 1.50 bits per heavy atom. The van der Waals surface area contributed by atoms with Crippen LogP contribution in [0.4, 0.5) is 5.82 Å². The molecule has 2 rings (SSSR count). The quantitative estimate of drug-likeness (QED) is 0.613. The molecular weight excluding hydrogens is 226 g/mol. The third-order valence-corrected chi connectivity index (χ3v) is 3.63. The number of nitrogens with one attached hydrogen (secondary N) is 1. The number of nitrogens with two attached hydrogens (primary N) is 1. The summed E-state index contributed by atoms with van der Waals surface area (Å²) in [5.41, 5.74) is 3.85. The van der Waals surface area contributed by atoms with E-state index in [0.29, 0.717) is 6.04 Å². The summed E-state index contributed by atoms with van der Waals surface area (Å²) in [6.45, 7) is 10.1. The number of nitrogens with zero attached hydrogens (tertiary/aromatic N) is 3. The highest BCUT2D eigenvalue weighted by Crippen LogP contribution is 2.14. The molecule has 100 valence electrons. The molecule has 0 aliphatic carbocycles. The highest BCUT2D eigenvalue weighted by atomic mass is 15.3. The van der Waals surface area contributed by atoms with Gasteiger partial charge in [-0.25, -0.2) is 10.8 Å². The van der Waals surface area contributed by atoms with Gasteiger partial charge in [-0.1, -0.05) is 6.92 Å². The van der Waals surface area contributed by atoms with E-state index in [-0.39, 0.29) is 0 Å². The molecule has 1 aliphatic rings. The molecule has 1 aromatic heterocycles. The number of nitrogen functional groups attached to an aromatic ring is 1. The predicted octanol–water partition coefficient (Wildman–Crippen LogP) is 0.893. The van der Waals surface area contributed by atoms with Crippen LogP contribution in [0.2, 0.25) is 0 Å². The van der Waals surface area contributed by atoms with Gasteiger partial charge >= 0.3 is 0 Å². The van der Waals surface area contributed by atoms with Gasteiger partial charge in [-0.2, -0.15) is 0 Å². The molecule has 1 atom stereocenters. The first-order chi connectivity index (χ1) is 8.72. The zero-order valence-corrected chi connectivity index (χ0v) is 11.3. The van der Waals surface area contributed by atoms with Crippen LogP contribution in [0.1, 0.15) is 19.4 Å². The molecule has 1 fully saturated rings. The second-order valence-corrected chi connectivity index (χ2v) is 4.91. The summed E-state index contributed by atoms with van der Waals surface area (Å²) < 4.78 is 0. The van der Waals surface area contributed by atoms with Crippen molar-refractivity contribution in [2.75, 3.05) is 31.6 Å². The molecule has 0 saturated carbocycles. The van der Waals surface area contributed by atoms with Crippen LogP contribution < -0.4 is 11.3 Å². The van der Waals surface area contributed by atoms with Crippen molar-refractivity contribution < 1.29 is 0 Å². The Kier molecular flexibility index (Phi) is 4.52. The van der Waals surface area contributed by atoms with Gasteiger partial charge in [0, 0.05) is 38.4 Å². The van der Waals surface area contributed by atoms with Gasteiger partial charge in [0.1, 0.15) is 5.82 Å². The minimum atomic E-state index is 0.637. The van der Waals surface area contributed by atoms with Crippen LogP contribution in [-0.2, 0) is 6.54 Å². The van der Waals surface area contributed by atoms with E-state index in [9.17, 15) is 0 Å². The summed E-state index contributed by atoms with van der Waals surface area (Å²) in [5, 5.41) is 0. The van der Waals surface area contributed by atoms with Gasteiger partial charge in [-0.3, -0.25) is 9.80 Å². The van der Waals surface area contributed by atoms with Gasteiger partial charge in [0.15, 0.2) is 0 Å². The van der Waals surface area contributed by atoms with Gasteiger partial charge in [-0.05, 0) is 31.2 Å². The molecule has 0 aromatic carbocycles. The van der Waals surface area contributed by atoms with Crippen LogP contribution in [0, 0.1) is 0 Å². The number of likely N-dealkylation sites (N-methyl/N-ethyl adjacent to an activating group) is 1. The lowest BCUT2D eigenvalue weighted by Crippen LogP contribution is -2.51. The Hall–Kier alpha value is -1.17. The third-order valence-electron chi connectivity index (χ3n) is 3.63. The fraction of sp³-hybridized carbons (Fsp3) is 0.615. The lowest BCUT2D eigenvalue weighted by atomic mass is 10.1.